The maximum absolute atomic E-state index is 6.12. The van der Waals surface area contributed by atoms with Crippen LogP contribution in [0.4, 0.5) is 5.95 Å². The van der Waals surface area contributed by atoms with Crippen molar-refractivity contribution in [1.82, 2.24) is 35.2 Å². The summed E-state index contributed by atoms with van der Waals surface area (Å²) in [4.78, 5) is 26.0. The highest BCUT2D eigenvalue weighted by Crippen LogP contribution is 2.29. The van der Waals surface area contributed by atoms with Crippen molar-refractivity contribution in [3.05, 3.63) is 84.6 Å². The minimum Gasteiger partial charge on any atom is -0.437 e. The number of hydrogen-bond donors (Lipinski definition) is 3. The second-order valence-electron chi connectivity index (χ2n) is 8.79. The van der Waals surface area contributed by atoms with E-state index in [1.54, 1.807) is 18.6 Å². The van der Waals surface area contributed by atoms with E-state index in [4.69, 9.17) is 4.74 Å². The van der Waals surface area contributed by atoms with Gasteiger partial charge in [-0.25, -0.2) is 24.9 Å². The standard InChI is InChI=1S/C27H26N8O/c1-2-6-22-21(5-1)33-24(34-22)16-18-7-9-20(10-8-18)36-26-25(29-14-15-30-26)23-11-13-31-27(35-23)32-19-4-3-12-28-17-19/h1-2,5-11,13-15,19,28H,3-4,12,16-17H2,(H,33,34)(H,31,32,35). The molecule has 3 N–H and O–H groups in total. The van der Waals surface area contributed by atoms with E-state index in [1.807, 2.05) is 54.6 Å². The number of aromatic amines is 1. The number of nitrogens with zero attached hydrogens (tertiary/aromatic N) is 5. The van der Waals surface area contributed by atoms with Gasteiger partial charge < -0.3 is 20.4 Å². The first-order chi connectivity index (χ1) is 17.8. The lowest BCUT2D eigenvalue weighted by atomic mass is 10.1. The van der Waals surface area contributed by atoms with Gasteiger partial charge in [-0.2, -0.15) is 0 Å². The van der Waals surface area contributed by atoms with Crippen molar-refractivity contribution < 1.29 is 4.74 Å². The average Bonchev–Trinajstić information content (AvgIpc) is 3.33. The van der Waals surface area contributed by atoms with Gasteiger partial charge in [0.2, 0.25) is 11.8 Å². The number of aromatic nitrogens is 6. The Kier molecular flexibility index (Phi) is 6.20. The van der Waals surface area contributed by atoms with Crippen LogP contribution in [-0.2, 0) is 6.42 Å². The Labute approximate surface area is 208 Å². The van der Waals surface area contributed by atoms with E-state index in [-0.39, 0.29) is 0 Å². The Bertz CT molecular complexity index is 1430. The third kappa shape index (κ3) is 5.01. The molecule has 1 aliphatic heterocycles. The summed E-state index contributed by atoms with van der Waals surface area (Å²) in [5.74, 6) is 2.57. The fourth-order valence-corrected chi connectivity index (χ4v) is 4.36. The summed E-state index contributed by atoms with van der Waals surface area (Å²) in [5, 5.41) is 6.81. The van der Waals surface area contributed by atoms with Crippen LogP contribution in [0.2, 0.25) is 0 Å². The number of anilines is 1. The van der Waals surface area contributed by atoms with Gasteiger partial charge in [-0.1, -0.05) is 24.3 Å². The summed E-state index contributed by atoms with van der Waals surface area (Å²) in [6.45, 7) is 1.96. The lowest BCUT2D eigenvalue weighted by Crippen LogP contribution is -2.38. The summed E-state index contributed by atoms with van der Waals surface area (Å²) >= 11 is 0. The normalized spacial score (nSPS) is 15.6. The molecule has 1 saturated heterocycles. The molecule has 0 spiro atoms. The lowest BCUT2D eigenvalue weighted by Gasteiger charge is -2.23. The summed E-state index contributed by atoms with van der Waals surface area (Å²) in [6, 6.07) is 18.1. The zero-order chi connectivity index (χ0) is 24.2. The van der Waals surface area contributed by atoms with E-state index < -0.39 is 0 Å². The van der Waals surface area contributed by atoms with Gasteiger partial charge in [0.05, 0.1) is 16.7 Å². The molecule has 1 unspecified atom stereocenters. The fourth-order valence-electron chi connectivity index (χ4n) is 4.36. The molecule has 0 aliphatic carbocycles. The van der Waals surface area contributed by atoms with Gasteiger partial charge in [0.15, 0.2) is 5.69 Å². The van der Waals surface area contributed by atoms with Gasteiger partial charge in [-0.05, 0) is 55.3 Å². The fraction of sp³-hybridized carbons (Fsp3) is 0.222. The number of rotatable bonds is 7. The number of para-hydroxylation sites is 2. The molecule has 180 valence electrons. The van der Waals surface area contributed by atoms with Crippen LogP contribution in [0.3, 0.4) is 0 Å². The number of fused-ring (bicyclic) bond motifs is 1. The monoisotopic (exact) mass is 478 g/mol. The summed E-state index contributed by atoms with van der Waals surface area (Å²) in [5.41, 5.74) is 4.36. The van der Waals surface area contributed by atoms with Crippen molar-refractivity contribution in [3.8, 4) is 23.0 Å². The lowest BCUT2D eigenvalue weighted by molar-refractivity contribution is 0.462. The van der Waals surface area contributed by atoms with Crippen molar-refractivity contribution >= 4 is 17.0 Å². The number of benzene rings is 2. The number of hydrogen-bond acceptors (Lipinski definition) is 8. The third-order valence-electron chi connectivity index (χ3n) is 6.14. The molecule has 9 nitrogen and oxygen atoms in total. The number of H-pyrrole nitrogens is 1. The Balaban J connectivity index is 1.17. The Morgan fingerprint density at radius 2 is 1.81 bits per heavy atom. The molecule has 5 aromatic rings. The maximum atomic E-state index is 6.12. The van der Waals surface area contributed by atoms with E-state index in [9.17, 15) is 0 Å². The van der Waals surface area contributed by atoms with Crippen molar-refractivity contribution in [2.24, 2.45) is 0 Å². The quantitative estimate of drug-likeness (QED) is 0.316. The predicted octanol–water partition coefficient (Wildman–Crippen LogP) is 4.36. The first-order valence-corrected chi connectivity index (χ1v) is 12.1. The first kappa shape index (κ1) is 22.1. The van der Waals surface area contributed by atoms with E-state index >= 15 is 0 Å². The topological polar surface area (TPSA) is 114 Å². The van der Waals surface area contributed by atoms with Crippen LogP contribution in [0.1, 0.15) is 24.2 Å². The SMILES string of the molecule is c1ccc2[nH]c(Cc3ccc(Oc4nccnc4-c4ccnc(NC5CCCNC5)n4)cc3)nc2c1. The molecule has 4 heterocycles. The summed E-state index contributed by atoms with van der Waals surface area (Å²) in [7, 11) is 0. The minimum atomic E-state index is 0.310. The van der Waals surface area contributed by atoms with E-state index in [0.717, 1.165) is 48.4 Å². The highest BCUT2D eigenvalue weighted by atomic mass is 16.5. The average molecular weight is 479 g/mol. The van der Waals surface area contributed by atoms with E-state index in [2.05, 4.69) is 40.5 Å². The molecule has 0 amide bonds. The van der Waals surface area contributed by atoms with Crippen LogP contribution in [0.15, 0.2) is 73.2 Å². The van der Waals surface area contributed by atoms with Crippen LogP contribution >= 0.6 is 0 Å². The van der Waals surface area contributed by atoms with Crippen LogP contribution in [0.5, 0.6) is 11.6 Å². The first-order valence-electron chi connectivity index (χ1n) is 12.1. The van der Waals surface area contributed by atoms with E-state index in [0.29, 0.717) is 41.4 Å². The highest BCUT2D eigenvalue weighted by Gasteiger charge is 2.16. The van der Waals surface area contributed by atoms with E-state index in [1.165, 1.54) is 0 Å². The molecule has 36 heavy (non-hydrogen) atoms. The van der Waals surface area contributed by atoms with Crippen LogP contribution in [0.25, 0.3) is 22.4 Å². The second kappa shape index (κ2) is 10.1. The molecule has 6 rings (SSSR count). The zero-order valence-electron chi connectivity index (χ0n) is 19.7. The molecule has 0 saturated carbocycles. The van der Waals surface area contributed by atoms with Crippen LogP contribution in [0, 0.1) is 0 Å². The molecule has 1 fully saturated rings. The number of nitrogens with one attached hydrogen (secondary N) is 3. The molecule has 9 heteroatoms. The molecule has 2 aromatic carbocycles. The van der Waals surface area contributed by atoms with Crippen LogP contribution in [-0.4, -0.2) is 49.0 Å². The smallest absolute Gasteiger partial charge is 0.247 e. The van der Waals surface area contributed by atoms with Crippen molar-refractivity contribution in [2.75, 3.05) is 18.4 Å². The summed E-state index contributed by atoms with van der Waals surface area (Å²) in [6.07, 6.45) is 7.91. The Hall–Kier alpha value is -4.37. The molecule has 0 bridgehead atoms. The largest absolute Gasteiger partial charge is 0.437 e. The molecule has 3 aromatic heterocycles. The molecular weight excluding hydrogens is 452 g/mol. The van der Waals surface area contributed by atoms with Gasteiger partial charge in [0, 0.05) is 37.6 Å². The molecule has 1 atom stereocenters. The van der Waals surface area contributed by atoms with Crippen molar-refractivity contribution in [2.45, 2.75) is 25.3 Å². The Morgan fingerprint density at radius 3 is 2.67 bits per heavy atom. The third-order valence-corrected chi connectivity index (χ3v) is 6.14. The van der Waals surface area contributed by atoms with Gasteiger partial charge in [0.1, 0.15) is 11.6 Å². The van der Waals surface area contributed by atoms with Crippen molar-refractivity contribution in [1.29, 1.82) is 0 Å². The Morgan fingerprint density at radius 1 is 0.917 bits per heavy atom. The number of ether oxygens (including phenoxy) is 1. The second-order valence-corrected chi connectivity index (χ2v) is 8.79. The number of imidazole rings is 1. The van der Waals surface area contributed by atoms with Gasteiger partial charge in [0.25, 0.3) is 0 Å². The van der Waals surface area contributed by atoms with Gasteiger partial charge in [-0.15, -0.1) is 0 Å². The van der Waals surface area contributed by atoms with Crippen LogP contribution < -0.4 is 15.4 Å². The zero-order valence-corrected chi connectivity index (χ0v) is 19.7. The minimum absolute atomic E-state index is 0.310. The van der Waals surface area contributed by atoms with Gasteiger partial charge >= 0.3 is 0 Å². The highest BCUT2D eigenvalue weighted by molar-refractivity contribution is 5.74. The van der Waals surface area contributed by atoms with Crippen molar-refractivity contribution in [3.63, 3.8) is 0 Å². The molecule has 1 aliphatic rings. The van der Waals surface area contributed by atoms with Gasteiger partial charge in [-0.3, -0.25) is 0 Å². The predicted molar refractivity (Wildman–Crippen MR) is 138 cm³/mol. The number of piperidine rings is 1. The molecule has 0 radical (unpaired) electrons. The maximum Gasteiger partial charge on any atom is 0.247 e. The molecular formula is C27H26N8O. The summed E-state index contributed by atoms with van der Waals surface area (Å²) < 4.78 is 6.12.